The number of nitrogens with one attached hydrogen (secondary N) is 2. The van der Waals surface area contributed by atoms with Crippen molar-refractivity contribution in [3.05, 3.63) is 85.2 Å². The van der Waals surface area contributed by atoms with Gasteiger partial charge < -0.3 is 14.6 Å². The molecule has 9 nitrogen and oxygen atoms in total. The Kier molecular flexibility index (Phi) is 5.86. The Morgan fingerprint density at radius 2 is 1.53 bits per heavy atom. The van der Waals surface area contributed by atoms with Crippen LogP contribution in [0.1, 0.15) is 6.92 Å². The van der Waals surface area contributed by atoms with Gasteiger partial charge in [-0.2, -0.15) is 0 Å². The van der Waals surface area contributed by atoms with E-state index in [1.165, 1.54) is 31.2 Å². The largest absolute Gasteiger partial charge is 0.438 e. The molecule has 162 valence electrons. The fourth-order valence-electron chi connectivity index (χ4n) is 2.84. The molecule has 0 saturated heterocycles. The number of amides is 1. The van der Waals surface area contributed by atoms with Gasteiger partial charge in [-0.25, -0.2) is 8.42 Å². The molecule has 10 heteroatoms. The highest BCUT2D eigenvalue weighted by Crippen LogP contribution is 2.23. The Bertz CT molecular complexity index is 1300. The van der Waals surface area contributed by atoms with E-state index >= 15 is 0 Å². The fraction of sp³-hybridized carbons (Fsp3) is 0.0455. The van der Waals surface area contributed by atoms with Crippen molar-refractivity contribution in [3.8, 4) is 17.4 Å². The summed E-state index contributed by atoms with van der Waals surface area (Å²) in [6.07, 6.45) is 3.73. The average Bonchev–Trinajstić information content (AvgIpc) is 3.30. The van der Waals surface area contributed by atoms with Crippen molar-refractivity contribution in [2.24, 2.45) is 0 Å². The molecule has 2 aromatic heterocycles. The van der Waals surface area contributed by atoms with Gasteiger partial charge in [-0.3, -0.25) is 9.52 Å². The van der Waals surface area contributed by atoms with Crippen LogP contribution in [0.2, 0.25) is 0 Å². The summed E-state index contributed by atoms with van der Waals surface area (Å²) < 4.78 is 35.2. The Hall–Kier alpha value is -4.18. The number of hydrogen-bond acceptors (Lipinski definition) is 6. The summed E-state index contributed by atoms with van der Waals surface area (Å²) in [5, 5.41) is 10.7. The molecule has 0 atom stereocenters. The van der Waals surface area contributed by atoms with Crippen molar-refractivity contribution in [1.82, 2.24) is 14.8 Å². The minimum Gasteiger partial charge on any atom is -0.438 e. The maximum atomic E-state index is 12.6. The number of rotatable bonds is 7. The molecule has 0 aliphatic rings. The third-order valence-corrected chi connectivity index (χ3v) is 5.71. The number of carbonyl (C=O) groups excluding carboxylic acids is 1. The molecule has 0 fully saturated rings. The zero-order chi connectivity index (χ0) is 22.6. The highest BCUT2D eigenvalue weighted by Gasteiger charge is 2.14. The summed E-state index contributed by atoms with van der Waals surface area (Å²) in [5.41, 5.74) is 0.889. The number of carbonyl (C=O) groups is 1. The number of sulfonamides is 1. The van der Waals surface area contributed by atoms with Crippen LogP contribution >= 0.6 is 0 Å². The standard InChI is InChI=1S/C22H19N5O4S/c1-16(28)23-17-6-10-20(11-7-17)32(29,30)26-18-4-8-19(9-5-18)31-22-13-12-21(24-25-22)27-14-2-3-15-27/h2-15,26H,1H3,(H,23,28). The van der Waals surface area contributed by atoms with E-state index < -0.39 is 10.0 Å². The molecule has 0 bridgehead atoms. The lowest BCUT2D eigenvalue weighted by Crippen LogP contribution is -2.13. The first-order chi connectivity index (χ1) is 15.4. The van der Waals surface area contributed by atoms with E-state index in [1.807, 2.05) is 29.1 Å². The second kappa shape index (κ2) is 8.90. The zero-order valence-electron chi connectivity index (χ0n) is 17.0. The maximum Gasteiger partial charge on any atom is 0.261 e. The molecular formula is C22H19N5O4S. The molecule has 2 aromatic carbocycles. The number of anilines is 2. The molecule has 0 radical (unpaired) electrons. The van der Waals surface area contributed by atoms with Crippen molar-refractivity contribution in [2.75, 3.05) is 10.0 Å². The van der Waals surface area contributed by atoms with Crippen LogP contribution in [0.4, 0.5) is 11.4 Å². The summed E-state index contributed by atoms with van der Waals surface area (Å²) in [4.78, 5) is 11.2. The smallest absolute Gasteiger partial charge is 0.261 e. The Labute approximate surface area is 184 Å². The van der Waals surface area contributed by atoms with Gasteiger partial charge in [0.1, 0.15) is 5.75 Å². The highest BCUT2D eigenvalue weighted by atomic mass is 32.2. The van der Waals surface area contributed by atoms with E-state index in [0.717, 1.165) is 0 Å². The van der Waals surface area contributed by atoms with Gasteiger partial charge in [0.2, 0.25) is 11.8 Å². The number of hydrogen-bond donors (Lipinski definition) is 2. The third kappa shape index (κ3) is 5.10. The summed E-state index contributed by atoms with van der Waals surface area (Å²) >= 11 is 0. The Morgan fingerprint density at radius 1 is 0.875 bits per heavy atom. The molecular weight excluding hydrogens is 430 g/mol. The Balaban J connectivity index is 1.40. The van der Waals surface area contributed by atoms with E-state index in [4.69, 9.17) is 4.74 Å². The monoisotopic (exact) mass is 449 g/mol. The van der Waals surface area contributed by atoms with E-state index in [-0.39, 0.29) is 10.8 Å². The molecule has 2 heterocycles. The normalized spacial score (nSPS) is 11.0. The van der Waals surface area contributed by atoms with Crippen LogP contribution in [0, 0.1) is 0 Å². The number of ether oxygens (including phenoxy) is 1. The molecule has 32 heavy (non-hydrogen) atoms. The van der Waals surface area contributed by atoms with E-state index in [9.17, 15) is 13.2 Å². The van der Waals surface area contributed by atoms with Crippen LogP contribution in [-0.4, -0.2) is 29.1 Å². The van der Waals surface area contributed by atoms with Gasteiger partial charge in [0.05, 0.1) is 4.90 Å². The molecule has 4 aromatic rings. The first kappa shape index (κ1) is 21.1. The lowest BCUT2D eigenvalue weighted by Gasteiger charge is -2.10. The fourth-order valence-corrected chi connectivity index (χ4v) is 3.90. The number of benzene rings is 2. The van der Waals surface area contributed by atoms with E-state index in [0.29, 0.717) is 28.8 Å². The van der Waals surface area contributed by atoms with Gasteiger partial charge in [-0.1, -0.05) is 0 Å². The van der Waals surface area contributed by atoms with Gasteiger partial charge in [-0.15, -0.1) is 10.2 Å². The summed E-state index contributed by atoms with van der Waals surface area (Å²) in [5.74, 6) is 1.23. The van der Waals surface area contributed by atoms with Crippen molar-refractivity contribution < 1.29 is 17.9 Å². The molecule has 0 saturated carbocycles. The molecule has 1 amide bonds. The van der Waals surface area contributed by atoms with Crippen LogP contribution in [0.5, 0.6) is 11.6 Å². The predicted molar refractivity (Wildman–Crippen MR) is 119 cm³/mol. The molecule has 0 aliphatic carbocycles. The first-order valence-corrected chi connectivity index (χ1v) is 11.0. The lowest BCUT2D eigenvalue weighted by atomic mass is 10.3. The summed E-state index contributed by atoms with van der Waals surface area (Å²) in [6, 6.07) is 19.6. The Morgan fingerprint density at radius 3 is 2.12 bits per heavy atom. The van der Waals surface area contributed by atoms with Crippen molar-refractivity contribution in [3.63, 3.8) is 0 Å². The van der Waals surface area contributed by atoms with Crippen LogP contribution in [0.15, 0.2) is 90.1 Å². The highest BCUT2D eigenvalue weighted by molar-refractivity contribution is 7.92. The molecule has 0 aliphatic heterocycles. The number of nitrogens with zero attached hydrogens (tertiary/aromatic N) is 3. The van der Waals surface area contributed by atoms with E-state index in [2.05, 4.69) is 20.2 Å². The van der Waals surface area contributed by atoms with Crippen LogP contribution in [0.3, 0.4) is 0 Å². The topological polar surface area (TPSA) is 115 Å². The number of aromatic nitrogens is 3. The van der Waals surface area contributed by atoms with Gasteiger partial charge in [0, 0.05) is 36.8 Å². The lowest BCUT2D eigenvalue weighted by molar-refractivity contribution is -0.114. The van der Waals surface area contributed by atoms with Crippen molar-refractivity contribution in [1.29, 1.82) is 0 Å². The van der Waals surface area contributed by atoms with Gasteiger partial charge in [-0.05, 0) is 66.7 Å². The second-order valence-electron chi connectivity index (χ2n) is 6.76. The van der Waals surface area contributed by atoms with Crippen LogP contribution < -0.4 is 14.8 Å². The first-order valence-electron chi connectivity index (χ1n) is 9.54. The minimum atomic E-state index is -3.78. The molecule has 0 unspecified atom stereocenters. The quantitative estimate of drug-likeness (QED) is 0.443. The van der Waals surface area contributed by atoms with Crippen molar-refractivity contribution in [2.45, 2.75) is 11.8 Å². The van der Waals surface area contributed by atoms with Crippen molar-refractivity contribution >= 4 is 27.3 Å². The maximum absolute atomic E-state index is 12.6. The van der Waals surface area contributed by atoms with Gasteiger partial charge >= 0.3 is 0 Å². The molecule has 2 N–H and O–H groups in total. The minimum absolute atomic E-state index is 0.0741. The van der Waals surface area contributed by atoms with E-state index in [1.54, 1.807) is 36.4 Å². The molecule has 4 rings (SSSR count). The van der Waals surface area contributed by atoms with Gasteiger partial charge in [0.25, 0.3) is 10.0 Å². The average molecular weight is 449 g/mol. The SMILES string of the molecule is CC(=O)Nc1ccc(S(=O)(=O)Nc2ccc(Oc3ccc(-n4cccc4)nn3)cc2)cc1. The zero-order valence-corrected chi connectivity index (χ0v) is 17.8. The second-order valence-corrected chi connectivity index (χ2v) is 8.44. The summed E-state index contributed by atoms with van der Waals surface area (Å²) in [6.45, 7) is 1.38. The summed E-state index contributed by atoms with van der Waals surface area (Å²) in [7, 11) is -3.78. The van der Waals surface area contributed by atoms with Gasteiger partial charge in [0.15, 0.2) is 5.82 Å². The predicted octanol–water partition coefficient (Wildman–Crippen LogP) is 3.82. The molecule has 0 spiro atoms. The van der Waals surface area contributed by atoms with Crippen LogP contribution in [-0.2, 0) is 14.8 Å². The third-order valence-electron chi connectivity index (χ3n) is 4.31. The van der Waals surface area contributed by atoms with Crippen LogP contribution in [0.25, 0.3) is 5.82 Å².